The Labute approximate surface area is 182 Å². The molecule has 0 aliphatic rings. The lowest BCUT2D eigenvalue weighted by atomic mass is 10.1. The molecular formula is C23H12F4N4O2. The van der Waals surface area contributed by atoms with Crippen LogP contribution < -0.4 is 5.56 Å². The van der Waals surface area contributed by atoms with E-state index >= 15 is 0 Å². The van der Waals surface area contributed by atoms with Crippen LogP contribution in [0.15, 0.2) is 82.4 Å². The van der Waals surface area contributed by atoms with E-state index in [9.17, 15) is 22.4 Å². The van der Waals surface area contributed by atoms with Crippen LogP contribution in [0.5, 0.6) is 0 Å². The lowest BCUT2D eigenvalue weighted by Crippen LogP contribution is -2.19. The number of aromatic nitrogens is 4. The molecule has 5 rings (SSSR count). The molecule has 0 aliphatic carbocycles. The van der Waals surface area contributed by atoms with Crippen molar-refractivity contribution < 1.29 is 22.0 Å². The summed E-state index contributed by atoms with van der Waals surface area (Å²) in [6.07, 6.45) is -0.586. The van der Waals surface area contributed by atoms with Crippen molar-refractivity contribution in [3.05, 3.63) is 94.9 Å². The maximum atomic E-state index is 13.3. The molecule has 6 nitrogen and oxygen atoms in total. The molecule has 0 amide bonds. The van der Waals surface area contributed by atoms with Crippen LogP contribution in [0, 0.1) is 5.82 Å². The number of hydrogen-bond donors (Lipinski definition) is 0. The van der Waals surface area contributed by atoms with E-state index in [-0.39, 0.29) is 34.2 Å². The molecule has 0 unspecified atom stereocenters. The number of oxazole rings is 1. The maximum Gasteiger partial charge on any atom is 0.416 e. The van der Waals surface area contributed by atoms with Crippen LogP contribution in [0.1, 0.15) is 5.56 Å². The van der Waals surface area contributed by atoms with Crippen LogP contribution in [0.2, 0.25) is 0 Å². The third kappa shape index (κ3) is 3.75. The van der Waals surface area contributed by atoms with E-state index in [2.05, 4.69) is 15.0 Å². The van der Waals surface area contributed by atoms with Gasteiger partial charge in [-0.3, -0.25) is 14.3 Å². The molecule has 5 aromatic rings. The number of nitrogens with zero attached hydrogens (tertiary/aromatic N) is 4. The van der Waals surface area contributed by atoms with Crippen LogP contribution >= 0.6 is 0 Å². The smallest absolute Gasteiger partial charge is 0.416 e. The normalized spacial score (nSPS) is 11.8. The summed E-state index contributed by atoms with van der Waals surface area (Å²) in [7, 11) is 0. The van der Waals surface area contributed by atoms with Crippen LogP contribution in [0.25, 0.3) is 39.6 Å². The molecular weight excluding hydrogens is 440 g/mol. The Hall–Kier alpha value is -4.34. The van der Waals surface area contributed by atoms with E-state index in [0.29, 0.717) is 5.39 Å². The summed E-state index contributed by atoms with van der Waals surface area (Å²) in [6, 6.07) is 11.8. The van der Waals surface area contributed by atoms with Crippen molar-refractivity contribution in [3.8, 4) is 28.7 Å². The largest absolute Gasteiger partial charge is 0.432 e. The van der Waals surface area contributed by atoms with E-state index in [0.717, 1.165) is 24.4 Å². The first kappa shape index (κ1) is 20.6. The molecule has 4 aromatic heterocycles. The van der Waals surface area contributed by atoms with Crippen molar-refractivity contribution in [2.45, 2.75) is 6.18 Å². The monoisotopic (exact) mass is 452 g/mol. The average molecular weight is 452 g/mol. The molecule has 10 heteroatoms. The maximum absolute atomic E-state index is 13.3. The van der Waals surface area contributed by atoms with Crippen molar-refractivity contribution in [1.82, 2.24) is 19.5 Å². The van der Waals surface area contributed by atoms with Crippen molar-refractivity contribution in [1.29, 1.82) is 0 Å². The van der Waals surface area contributed by atoms with Gasteiger partial charge in [-0.05, 0) is 36.4 Å². The van der Waals surface area contributed by atoms with Gasteiger partial charge in [0.25, 0.3) is 5.56 Å². The third-order valence-corrected chi connectivity index (χ3v) is 4.92. The van der Waals surface area contributed by atoms with E-state index in [1.165, 1.54) is 35.2 Å². The van der Waals surface area contributed by atoms with Crippen molar-refractivity contribution in [3.63, 3.8) is 0 Å². The predicted molar refractivity (Wildman–Crippen MR) is 111 cm³/mol. The molecule has 0 fully saturated rings. The molecule has 0 aliphatic heterocycles. The fourth-order valence-electron chi connectivity index (χ4n) is 3.32. The zero-order valence-corrected chi connectivity index (χ0v) is 16.5. The second kappa shape index (κ2) is 7.66. The second-order valence-corrected chi connectivity index (χ2v) is 7.04. The van der Waals surface area contributed by atoms with Gasteiger partial charge in [0.2, 0.25) is 5.89 Å². The molecule has 0 atom stereocenters. The van der Waals surface area contributed by atoms with Crippen molar-refractivity contribution in [2.75, 3.05) is 0 Å². The number of rotatable bonds is 3. The number of halogens is 4. The summed E-state index contributed by atoms with van der Waals surface area (Å²) in [5.41, 5.74) is -0.703. The molecule has 4 heterocycles. The molecule has 0 saturated heterocycles. The number of pyridine rings is 3. The highest BCUT2D eigenvalue weighted by atomic mass is 19.4. The van der Waals surface area contributed by atoms with E-state index in [4.69, 9.17) is 4.42 Å². The first-order valence-corrected chi connectivity index (χ1v) is 9.58. The molecule has 0 radical (unpaired) electrons. The first-order valence-electron chi connectivity index (χ1n) is 9.58. The van der Waals surface area contributed by atoms with Gasteiger partial charge in [0.1, 0.15) is 17.0 Å². The summed E-state index contributed by atoms with van der Waals surface area (Å²) < 4.78 is 59.3. The van der Waals surface area contributed by atoms with Crippen LogP contribution in [0.4, 0.5) is 17.6 Å². The quantitative estimate of drug-likeness (QED) is 0.349. The van der Waals surface area contributed by atoms with Gasteiger partial charge < -0.3 is 4.42 Å². The molecule has 0 spiro atoms. The minimum Gasteiger partial charge on any atom is -0.432 e. The van der Waals surface area contributed by atoms with E-state index in [1.807, 2.05) is 0 Å². The second-order valence-electron chi connectivity index (χ2n) is 7.04. The highest BCUT2D eigenvalue weighted by Crippen LogP contribution is 2.34. The number of alkyl halides is 3. The molecule has 0 bridgehead atoms. The van der Waals surface area contributed by atoms with E-state index < -0.39 is 23.1 Å². The Morgan fingerprint density at radius 1 is 0.939 bits per heavy atom. The zero-order valence-electron chi connectivity index (χ0n) is 16.5. The van der Waals surface area contributed by atoms with Gasteiger partial charge in [-0.1, -0.05) is 18.2 Å². The molecule has 0 saturated carbocycles. The average Bonchev–Trinajstić information content (AvgIpc) is 3.25. The van der Waals surface area contributed by atoms with Crippen molar-refractivity contribution >= 4 is 10.9 Å². The van der Waals surface area contributed by atoms with Crippen molar-refractivity contribution in [2.24, 2.45) is 0 Å². The number of fused-ring (bicyclic) bond motifs is 1. The SMILES string of the molecule is O=c1c2ncccc2ccn1-c1nc(-c2ccc(F)cn2)oc1-c1ccc(C(F)(F)F)cc1. The van der Waals surface area contributed by atoms with Gasteiger partial charge in [-0.2, -0.15) is 18.2 Å². The predicted octanol–water partition coefficient (Wildman–Crippen LogP) is 5.26. The Bertz CT molecular complexity index is 1520. The zero-order chi connectivity index (χ0) is 23.2. The van der Waals surface area contributed by atoms with Crippen LogP contribution in [-0.2, 0) is 6.18 Å². The van der Waals surface area contributed by atoms with Gasteiger partial charge in [-0.15, -0.1) is 0 Å². The lowest BCUT2D eigenvalue weighted by molar-refractivity contribution is -0.137. The van der Waals surface area contributed by atoms with Gasteiger partial charge in [0.15, 0.2) is 11.6 Å². The fraction of sp³-hybridized carbons (Fsp3) is 0.0435. The minimum absolute atomic E-state index is 0.0343. The van der Waals surface area contributed by atoms with Gasteiger partial charge in [0, 0.05) is 23.3 Å². The minimum atomic E-state index is -4.51. The number of hydrogen-bond acceptors (Lipinski definition) is 5. The van der Waals surface area contributed by atoms with E-state index in [1.54, 1.807) is 18.2 Å². The Kier molecular flexibility index (Phi) is 4.77. The molecule has 0 N–H and O–H groups in total. The summed E-state index contributed by atoms with van der Waals surface area (Å²) in [5, 5.41) is 0.610. The molecule has 1 aromatic carbocycles. The Morgan fingerprint density at radius 2 is 1.73 bits per heavy atom. The standard InChI is InChI=1S/C23H12F4N4O2/c24-16-7-8-17(29-12-16)21-30-20(31-11-9-13-2-1-10-28-18(13)22(31)32)19(33-21)14-3-5-15(6-4-14)23(25,26)27/h1-12H. The Morgan fingerprint density at radius 3 is 2.42 bits per heavy atom. The Balaban J connectivity index is 1.72. The highest BCUT2D eigenvalue weighted by Gasteiger charge is 2.30. The summed E-state index contributed by atoms with van der Waals surface area (Å²) >= 11 is 0. The first-order chi connectivity index (χ1) is 15.8. The van der Waals surface area contributed by atoms with Gasteiger partial charge in [0.05, 0.1) is 11.8 Å². The molecule has 33 heavy (non-hydrogen) atoms. The third-order valence-electron chi connectivity index (χ3n) is 4.92. The van der Waals surface area contributed by atoms with Crippen LogP contribution in [0.3, 0.4) is 0 Å². The van der Waals surface area contributed by atoms with Gasteiger partial charge in [-0.25, -0.2) is 9.37 Å². The van der Waals surface area contributed by atoms with Crippen LogP contribution in [-0.4, -0.2) is 19.5 Å². The topological polar surface area (TPSA) is 73.8 Å². The van der Waals surface area contributed by atoms with Gasteiger partial charge >= 0.3 is 6.18 Å². The summed E-state index contributed by atoms with van der Waals surface area (Å²) in [6.45, 7) is 0. The lowest BCUT2D eigenvalue weighted by Gasteiger charge is -2.08. The molecule has 164 valence electrons. The fourth-order valence-corrected chi connectivity index (χ4v) is 3.32. The highest BCUT2D eigenvalue weighted by molar-refractivity contribution is 5.78. The summed E-state index contributed by atoms with van der Waals surface area (Å²) in [5.74, 6) is -0.520. The summed E-state index contributed by atoms with van der Waals surface area (Å²) in [4.78, 5) is 25.5. The number of benzene rings is 1.